The first-order valence-electron chi connectivity index (χ1n) is 6.40. The van der Waals surface area contributed by atoms with Crippen LogP contribution in [0.3, 0.4) is 0 Å². The van der Waals surface area contributed by atoms with Crippen LogP contribution >= 0.6 is 0 Å². The quantitative estimate of drug-likeness (QED) is 0.437. The van der Waals surface area contributed by atoms with Gasteiger partial charge in [0.1, 0.15) is 5.75 Å². The number of carbonyl (C=O) groups is 1. The molecule has 1 rings (SSSR count). The largest absolute Gasteiger partial charge is 0.496 e. The molecule has 0 saturated carbocycles. The average Bonchev–Trinajstić information content (AvgIpc) is 2.44. The zero-order valence-corrected chi connectivity index (χ0v) is 11.8. The first-order chi connectivity index (χ1) is 9.08. The zero-order chi connectivity index (χ0) is 14.3. The number of hydrogen-bond acceptors (Lipinski definition) is 4. The fraction of sp³-hybridized carbons (Fsp3) is 0.500. The molecule has 1 atom stereocenters. The van der Waals surface area contributed by atoms with E-state index in [1.54, 1.807) is 7.11 Å². The molecular weight excluding hydrogens is 242 g/mol. The van der Waals surface area contributed by atoms with Crippen molar-refractivity contribution < 1.29 is 9.53 Å². The van der Waals surface area contributed by atoms with Gasteiger partial charge in [0.2, 0.25) is 5.91 Å². The van der Waals surface area contributed by atoms with Crippen molar-refractivity contribution in [2.24, 2.45) is 5.84 Å². The molecule has 0 heterocycles. The Morgan fingerprint density at radius 1 is 1.47 bits per heavy atom. The summed E-state index contributed by atoms with van der Waals surface area (Å²) in [5.74, 6) is 5.82. The van der Waals surface area contributed by atoms with Gasteiger partial charge in [-0.25, -0.2) is 5.84 Å². The van der Waals surface area contributed by atoms with Crippen LogP contribution in [0.2, 0.25) is 0 Å². The van der Waals surface area contributed by atoms with Gasteiger partial charge in [0.15, 0.2) is 0 Å². The Morgan fingerprint density at radius 3 is 2.79 bits per heavy atom. The molecule has 0 aliphatic heterocycles. The molecule has 0 fully saturated rings. The molecule has 0 aliphatic carbocycles. The minimum atomic E-state index is -0.142. The highest BCUT2D eigenvalue weighted by molar-refractivity contribution is 5.75. The molecule has 0 saturated heterocycles. The molecule has 5 heteroatoms. The molecule has 0 aliphatic rings. The van der Waals surface area contributed by atoms with Crippen LogP contribution in [-0.4, -0.2) is 37.6 Å². The fourth-order valence-electron chi connectivity index (χ4n) is 1.92. The summed E-state index contributed by atoms with van der Waals surface area (Å²) in [7, 11) is 3.68. The molecule has 5 nitrogen and oxygen atoms in total. The highest BCUT2D eigenvalue weighted by atomic mass is 16.5. The molecular formula is C14H23N3O2. The number of benzene rings is 1. The number of hydrogen-bond donors (Lipinski definition) is 2. The van der Waals surface area contributed by atoms with Crippen LogP contribution in [0.25, 0.3) is 0 Å². The van der Waals surface area contributed by atoms with Gasteiger partial charge in [-0.3, -0.25) is 10.2 Å². The molecule has 0 spiro atoms. The molecule has 1 unspecified atom stereocenters. The van der Waals surface area contributed by atoms with Gasteiger partial charge in [0.05, 0.1) is 7.11 Å². The van der Waals surface area contributed by atoms with Gasteiger partial charge >= 0.3 is 0 Å². The van der Waals surface area contributed by atoms with E-state index in [0.29, 0.717) is 19.0 Å². The van der Waals surface area contributed by atoms with Crippen molar-refractivity contribution in [1.29, 1.82) is 0 Å². The van der Waals surface area contributed by atoms with Crippen molar-refractivity contribution in [3.05, 3.63) is 29.8 Å². The second-order valence-electron chi connectivity index (χ2n) is 4.66. The van der Waals surface area contributed by atoms with Crippen LogP contribution < -0.4 is 16.0 Å². The van der Waals surface area contributed by atoms with E-state index in [0.717, 1.165) is 12.2 Å². The van der Waals surface area contributed by atoms with Crippen LogP contribution in [0.5, 0.6) is 5.75 Å². The summed E-state index contributed by atoms with van der Waals surface area (Å²) in [4.78, 5) is 13.3. The number of methoxy groups -OCH3 is 1. The van der Waals surface area contributed by atoms with Crippen LogP contribution in [0.4, 0.5) is 0 Å². The highest BCUT2D eigenvalue weighted by Gasteiger charge is 2.13. The Hall–Kier alpha value is -1.59. The molecule has 0 radical (unpaired) electrons. The zero-order valence-electron chi connectivity index (χ0n) is 11.8. The Morgan fingerprint density at radius 2 is 2.16 bits per heavy atom. The first kappa shape index (κ1) is 15.5. The SMILES string of the molecule is COc1ccccc1CC(C)N(C)CCC(=O)NN. The van der Waals surface area contributed by atoms with Gasteiger partial charge in [-0.05, 0) is 32.0 Å². The number of ether oxygens (including phenoxy) is 1. The van der Waals surface area contributed by atoms with E-state index in [4.69, 9.17) is 10.6 Å². The van der Waals surface area contributed by atoms with Crippen molar-refractivity contribution in [2.45, 2.75) is 25.8 Å². The third-order valence-electron chi connectivity index (χ3n) is 3.31. The lowest BCUT2D eigenvalue weighted by molar-refractivity contribution is -0.121. The fourth-order valence-corrected chi connectivity index (χ4v) is 1.92. The van der Waals surface area contributed by atoms with Crippen molar-refractivity contribution in [3.8, 4) is 5.75 Å². The standard InChI is InChI=1S/C14H23N3O2/c1-11(17(2)9-8-14(18)16-15)10-12-6-4-5-7-13(12)19-3/h4-7,11H,8-10,15H2,1-3H3,(H,16,18). The lowest BCUT2D eigenvalue weighted by Crippen LogP contribution is -2.36. The summed E-state index contributed by atoms with van der Waals surface area (Å²) in [6.45, 7) is 2.81. The van der Waals surface area contributed by atoms with Gasteiger partial charge in [-0.1, -0.05) is 18.2 Å². The van der Waals surface area contributed by atoms with Gasteiger partial charge in [-0.15, -0.1) is 0 Å². The van der Waals surface area contributed by atoms with E-state index in [-0.39, 0.29) is 5.91 Å². The Balaban J connectivity index is 2.53. The topological polar surface area (TPSA) is 67.6 Å². The normalized spacial score (nSPS) is 12.3. The lowest BCUT2D eigenvalue weighted by Gasteiger charge is -2.25. The third kappa shape index (κ3) is 4.89. The number of likely N-dealkylation sites (N-methyl/N-ethyl adjacent to an activating group) is 1. The Kier molecular flexibility index (Phi) is 6.32. The molecule has 1 aromatic carbocycles. The highest BCUT2D eigenvalue weighted by Crippen LogP contribution is 2.20. The van der Waals surface area contributed by atoms with E-state index in [1.807, 2.05) is 25.2 Å². The van der Waals surface area contributed by atoms with E-state index >= 15 is 0 Å². The number of hydrazine groups is 1. The van der Waals surface area contributed by atoms with Crippen molar-refractivity contribution in [1.82, 2.24) is 10.3 Å². The maximum absolute atomic E-state index is 11.1. The number of carbonyl (C=O) groups excluding carboxylic acids is 1. The second kappa shape index (κ2) is 7.76. The predicted molar refractivity (Wildman–Crippen MR) is 75.7 cm³/mol. The van der Waals surface area contributed by atoms with Gasteiger partial charge in [-0.2, -0.15) is 0 Å². The number of nitrogens with one attached hydrogen (secondary N) is 1. The van der Waals surface area contributed by atoms with Crippen molar-refractivity contribution >= 4 is 5.91 Å². The number of rotatable bonds is 7. The molecule has 0 aromatic heterocycles. The second-order valence-corrected chi connectivity index (χ2v) is 4.66. The number of para-hydroxylation sites is 1. The molecule has 1 aromatic rings. The number of amides is 1. The minimum Gasteiger partial charge on any atom is -0.496 e. The summed E-state index contributed by atoms with van der Waals surface area (Å²) in [5, 5.41) is 0. The summed E-state index contributed by atoms with van der Waals surface area (Å²) in [5.41, 5.74) is 3.32. The van der Waals surface area contributed by atoms with Crippen molar-refractivity contribution in [2.75, 3.05) is 20.7 Å². The summed E-state index contributed by atoms with van der Waals surface area (Å²) >= 11 is 0. The van der Waals surface area contributed by atoms with Gasteiger partial charge in [0.25, 0.3) is 0 Å². The monoisotopic (exact) mass is 265 g/mol. The van der Waals surface area contributed by atoms with Crippen LogP contribution in [-0.2, 0) is 11.2 Å². The molecule has 3 N–H and O–H groups in total. The Bertz CT molecular complexity index is 409. The minimum absolute atomic E-state index is 0.142. The summed E-state index contributed by atoms with van der Waals surface area (Å²) < 4.78 is 5.34. The Labute approximate surface area is 114 Å². The smallest absolute Gasteiger partial charge is 0.235 e. The van der Waals surface area contributed by atoms with Crippen molar-refractivity contribution in [3.63, 3.8) is 0 Å². The molecule has 0 bridgehead atoms. The number of nitrogens with zero attached hydrogens (tertiary/aromatic N) is 1. The summed E-state index contributed by atoms with van der Waals surface area (Å²) in [6.07, 6.45) is 1.29. The first-order valence-corrected chi connectivity index (χ1v) is 6.40. The van der Waals surface area contributed by atoms with E-state index in [9.17, 15) is 4.79 Å². The van der Waals surface area contributed by atoms with E-state index < -0.39 is 0 Å². The maximum atomic E-state index is 11.1. The van der Waals surface area contributed by atoms with Gasteiger partial charge < -0.3 is 9.64 Å². The average molecular weight is 265 g/mol. The third-order valence-corrected chi connectivity index (χ3v) is 3.31. The van der Waals surface area contributed by atoms with Crippen LogP contribution in [0.1, 0.15) is 18.9 Å². The van der Waals surface area contributed by atoms with E-state index in [1.165, 1.54) is 5.56 Å². The lowest BCUT2D eigenvalue weighted by atomic mass is 10.0. The van der Waals surface area contributed by atoms with Gasteiger partial charge in [0, 0.05) is 19.0 Å². The number of nitrogens with two attached hydrogens (primary N) is 1. The maximum Gasteiger partial charge on any atom is 0.235 e. The van der Waals surface area contributed by atoms with Crippen LogP contribution in [0.15, 0.2) is 24.3 Å². The molecule has 1 amide bonds. The molecule has 19 heavy (non-hydrogen) atoms. The van der Waals surface area contributed by atoms with E-state index in [2.05, 4.69) is 23.3 Å². The van der Waals surface area contributed by atoms with Crippen LogP contribution in [0, 0.1) is 0 Å². The molecule has 106 valence electrons. The predicted octanol–water partition coefficient (Wildman–Crippen LogP) is 0.938. The summed E-state index contributed by atoms with van der Waals surface area (Å²) in [6, 6.07) is 8.32.